The predicted molar refractivity (Wildman–Crippen MR) is 104 cm³/mol. The van der Waals surface area contributed by atoms with Crippen LogP contribution >= 0.6 is 0 Å². The van der Waals surface area contributed by atoms with Gasteiger partial charge in [-0.1, -0.05) is 17.3 Å². The fourth-order valence-corrected chi connectivity index (χ4v) is 3.43. The summed E-state index contributed by atoms with van der Waals surface area (Å²) in [5.74, 6) is 2.18. The minimum Gasteiger partial charge on any atom is -0.485 e. The van der Waals surface area contributed by atoms with E-state index in [4.69, 9.17) is 14.0 Å². The Hall–Kier alpha value is -3.07. The van der Waals surface area contributed by atoms with E-state index in [9.17, 15) is 9.59 Å². The number of aromatic nitrogens is 1. The fraction of sp³-hybridized carbons (Fsp3) is 0.450. The van der Waals surface area contributed by atoms with Crippen molar-refractivity contribution in [3.63, 3.8) is 0 Å². The van der Waals surface area contributed by atoms with Gasteiger partial charge in [0.25, 0.3) is 5.91 Å². The molecule has 1 atom stereocenters. The van der Waals surface area contributed by atoms with Crippen LogP contribution in [0.1, 0.15) is 12.2 Å². The molecule has 0 aliphatic carbocycles. The van der Waals surface area contributed by atoms with Gasteiger partial charge in [-0.3, -0.25) is 14.5 Å². The molecule has 0 saturated carbocycles. The standard InChI is InChI=1S/C20H24N4O5/c1-14-12-18(22-29-14)21-19(25)6-7-23-8-10-24(11-9-23)20(26)17-13-27-15-4-2-3-5-16(15)28-17/h2-5,12,17H,6-11,13H2,1H3,(H,21,22,25)/t17-/m0/s1. The normalized spacial score (nSPS) is 19.1. The number of rotatable bonds is 5. The molecule has 0 bridgehead atoms. The zero-order chi connectivity index (χ0) is 20.2. The van der Waals surface area contributed by atoms with Crippen molar-refractivity contribution in [3.8, 4) is 11.5 Å². The van der Waals surface area contributed by atoms with E-state index in [1.165, 1.54) is 0 Å². The van der Waals surface area contributed by atoms with Gasteiger partial charge in [-0.15, -0.1) is 0 Å². The number of carbonyl (C=O) groups excluding carboxylic acids is 2. The summed E-state index contributed by atoms with van der Waals surface area (Å²) < 4.78 is 16.4. The highest BCUT2D eigenvalue weighted by molar-refractivity contribution is 5.89. The van der Waals surface area contributed by atoms with Crippen LogP contribution in [0, 0.1) is 6.92 Å². The molecule has 1 N–H and O–H groups in total. The summed E-state index contributed by atoms with van der Waals surface area (Å²) in [6.07, 6.45) is -0.260. The Morgan fingerprint density at radius 2 is 1.93 bits per heavy atom. The van der Waals surface area contributed by atoms with Crippen LogP contribution < -0.4 is 14.8 Å². The minimum atomic E-state index is -0.617. The van der Waals surface area contributed by atoms with Crippen LogP contribution in [0.5, 0.6) is 11.5 Å². The lowest BCUT2D eigenvalue weighted by Gasteiger charge is -2.37. The van der Waals surface area contributed by atoms with E-state index < -0.39 is 6.10 Å². The summed E-state index contributed by atoms with van der Waals surface area (Å²) in [4.78, 5) is 28.8. The first-order chi connectivity index (χ1) is 14.1. The van der Waals surface area contributed by atoms with Gasteiger partial charge in [0.2, 0.25) is 12.0 Å². The van der Waals surface area contributed by atoms with Gasteiger partial charge in [-0.05, 0) is 19.1 Å². The first kappa shape index (κ1) is 19.3. The number of fused-ring (bicyclic) bond motifs is 1. The molecule has 4 rings (SSSR count). The second-order valence-electron chi connectivity index (χ2n) is 7.15. The van der Waals surface area contributed by atoms with E-state index in [1.807, 2.05) is 18.2 Å². The number of aryl methyl sites for hydroxylation is 1. The third-order valence-corrected chi connectivity index (χ3v) is 5.02. The van der Waals surface area contributed by atoms with Gasteiger partial charge < -0.3 is 24.2 Å². The maximum Gasteiger partial charge on any atom is 0.267 e. The molecule has 9 nitrogen and oxygen atoms in total. The van der Waals surface area contributed by atoms with Crippen molar-refractivity contribution in [2.24, 2.45) is 0 Å². The SMILES string of the molecule is Cc1cc(NC(=O)CCN2CCN(C(=O)[C@@H]3COc4ccccc4O3)CC2)no1. The third kappa shape index (κ3) is 4.68. The van der Waals surface area contributed by atoms with Gasteiger partial charge in [-0.25, -0.2) is 0 Å². The Labute approximate surface area is 168 Å². The Morgan fingerprint density at radius 1 is 1.17 bits per heavy atom. The van der Waals surface area contributed by atoms with Crippen molar-refractivity contribution in [1.82, 2.24) is 15.0 Å². The van der Waals surface area contributed by atoms with E-state index >= 15 is 0 Å². The number of anilines is 1. The summed E-state index contributed by atoms with van der Waals surface area (Å²) in [6.45, 7) is 5.25. The van der Waals surface area contributed by atoms with E-state index in [2.05, 4.69) is 15.4 Å². The molecule has 1 saturated heterocycles. The number of nitrogens with one attached hydrogen (secondary N) is 1. The highest BCUT2D eigenvalue weighted by Gasteiger charge is 2.32. The number of piperazine rings is 1. The number of carbonyl (C=O) groups is 2. The first-order valence-electron chi connectivity index (χ1n) is 9.71. The quantitative estimate of drug-likeness (QED) is 0.808. The number of hydrogen-bond acceptors (Lipinski definition) is 7. The molecule has 3 heterocycles. The van der Waals surface area contributed by atoms with Gasteiger partial charge in [-0.2, -0.15) is 0 Å². The van der Waals surface area contributed by atoms with Crippen molar-refractivity contribution in [2.45, 2.75) is 19.4 Å². The predicted octanol–water partition coefficient (Wildman–Crippen LogP) is 1.30. The van der Waals surface area contributed by atoms with Gasteiger partial charge >= 0.3 is 0 Å². The topological polar surface area (TPSA) is 97.1 Å². The molecule has 0 unspecified atom stereocenters. The lowest BCUT2D eigenvalue weighted by molar-refractivity contribution is -0.143. The molecule has 2 amide bonds. The lowest BCUT2D eigenvalue weighted by Crippen LogP contribution is -2.54. The molecule has 1 aromatic heterocycles. The van der Waals surface area contributed by atoms with Crippen molar-refractivity contribution in [3.05, 3.63) is 36.1 Å². The molecule has 2 aliphatic heterocycles. The summed E-state index contributed by atoms with van der Waals surface area (Å²) in [5, 5.41) is 6.47. The minimum absolute atomic E-state index is 0.0571. The Balaban J connectivity index is 1.20. The molecule has 1 aromatic carbocycles. The number of ether oxygens (including phenoxy) is 2. The highest BCUT2D eigenvalue weighted by Crippen LogP contribution is 2.31. The number of hydrogen-bond donors (Lipinski definition) is 1. The van der Waals surface area contributed by atoms with Crippen molar-refractivity contribution < 1.29 is 23.6 Å². The number of benzene rings is 1. The molecule has 2 aromatic rings. The first-order valence-corrected chi connectivity index (χ1v) is 9.71. The maximum absolute atomic E-state index is 12.8. The van der Waals surface area contributed by atoms with Gasteiger partial charge in [0.15, 0.2) is 17.3 Å². The summed E-state index contributed by atoms with van der Waals surface area (Å²) >= 11 is 0. The Kier molecular flexibility index (Phi) is 5.66. The third-order valence-electron chi connectivity index (χ3n) is 5.02. The molecule has 0 spiro atoms. The van der Waals surface area contributed by atoms with Crippen LogP contribution in [-0.2, 0) is 9.59 Å². The zero-order valence-corrected chi connectivity index (χ0v) is 16.3. The molecule has 9 heteroatoms. The van der Waals surface area contributed by atoms with Crippen LogP contribution in [-0.4, -0.2) is 72.2 Å². The average molecular weight is 400 g/mol. The van der Waals surface area contributed by atoms with E-state index in [0.717, 1.165) is 0 Å². The number of para-hydroxylation sites is 2. The van der Waals surface area contributed by atoms with E-state index in [-0.39, 0.29) is 18.4 Å². The van der Waals surface area contributed by atoms with Crippen LogP contribution in [0.2, 0.25) is 0 Å². The van der Waals surface area contributed by atoms with Gasteiger partial charge in [0.1, 0.15) is 12.4 Å². The van der Waals surface area contributed by atoms with E-state index in [0.29, 0.717) is 62.2 Å². The van der Waals surface area contributed by atoms with Crippen molar-refractivity contribution >= 4 is 17.6 Å². The van der Waals surface area contributed by atoms with Crippen molar-refractivity contribution in [1.29, 1.82) is 0 Å². The largest absolute Gasteiger partial charge is 0.485 e. The molecule has 154 valence electrons. The van der Waals surface area contributed by atoms with Crippen LogP contribution in [0.4, 0.5) is 5.82 Å². The van der Waals surface area contributed by atoms with Crippen LogP contribution in [0.25, 0.3) is 0 Å². The van der Waals surface area contributed by atoms with Gasteiger partial charge in [0, 0.05) is 45.2 Å². The Morgan fingerprint density at radius 3 is 2.66 bits per heavy atom. The Bertz CT molecular complexity index is 875. The van der Waals surface area contributed by atoms with Gasteiger partial charge in [0.05, 0.1) is 0 Å². The molecule has 1 fully saturated rings. The zero-order valence-electron chi connectivity index (χ0n) is 16.3. The number of nitrogens with zero attached hydrogens (tertiary/aromatic N) is 3. The van der Waals surface area contributed by atoms with E-state index in [1.54, 1.807) is 24.0 Å². The highest BCUT2D eigenvalue weighted by atomic mass is 16.6. The summed E-state index contributed by atoms with van der Waals surface area (Å²) in [7, 11) is 0. The fourth-order valence-electron chi connectivity index (χ4n) is 3.43. The monoisotopic (exact) mass is 400 g/mol. The summed E-state index contributed by atoms with van der Waals surface area (Å²) in [6, 6.07) is 9.04. The molecule has 0 radical (unpaired) electrons. The second kappa shape index (κ2) is 8.52. The maximum atomic E-state index is 12.8. The van der Waals surface area contributed by atoms with Crippen LogP contribution in [0.15, 0.2) is 34.9 Å². The molecule has 2 aliphatic rings. The smallest absolute Gasteiger partial charge is 0.267 e. The number of amides is 2. The van der Waals surface area contributed by atoms with Crippen LogP contribution in [0.3, 0.4) is 0 Å². The molecular formula is C20H24N4O5. The average Bonchev–Trinajstić information content (AvgIpc) is 3.16. The molecule has 29 heavy (non-hydrogen) atoms. The summed E-state index contributed by atoms with van der Waals surface area (Å²) in [5.41, 5.74) is 0. The van der Waals surface area contributed by atoms with Crippen molar-refractivity contribution in [2.75, 3.05) is 44.6 Å². The second-order valence-corrected chi connectivity index (χ2v) is 7.15. The lowest BCUT2D eigenvalue weighted by atomic mass is 10.2. The molecular weight excluding hydrogens is 376 g/mol.